The van der Waals surface area contributed by atoms with Crippen LogP contribution in [0.1, 0.15) is 0 Å². The summed E-state index contributed by atoms with van der Waals surface area (Å²) in [6, 6.07) is 11.8. The van der Waals surface area contributed by atoms with Crippen molar-refractivity contribution in [3.63, 3.8) is 0 Å². The first kappa shape index (κ1) is 13.1. The molecule has 0 aliphatic heterocycles. The number of Topliss-reactive ketones (excluding diaryl/α,β-unsaturated/α-hetero) is 1. The van der Waals surface area contributed by atoms with Gasteiger partial charge in [0.25, 0.3) is 0 Å². The lowest BCUT2D eigenvalue weighted by Gasteiger charge is -2.06. The number of rotatable bonds is 5. The Kier molecular flexibility index (Phi) is 4.33. The van der Waals surface area contributed by atoms with Gasteiger partial charge in [-0.15, -0.1) is 0 Å². The van der Waals surface area contributed by atoms with Crippen LogP contribution in [0.25, 0.3) is 10.8 Å². The fourth-order valence-corrected chi connectivity index (χ4v) is 2.03. The minimum atomic E-state index is -0.0756. The van der Waals surface area contributed by atoms with Gasteiger partial charge in [-0.1, -0.05) is 28.1 Å². The summed E-state index contributed by atoms with van der Waals surface area (Å²) in [5.74, 6) is 0.614. The van der Waals surface area contributed by atoms with Gasteiger partial charge in [-0.2, -0.15) is 0 Å². The van der Waals surface area contributed by atoms with Crippen LogP contribution in [0.5, 0.6) is 5.75 Å². The van der Waals surface area contributed by atoms with Crippen LogP contribution in [0, 0.1) is 0 Å². The number of hydrogen-bond acceptors (Lipinski definition) is 3. The summed E-state index contributed by atoms with van der Waals surface area (Å²) < 4.78 is 11.2. The number of methoxy groups -OCH3 is 1. The van der Waals surface area contributed by atoms with Crippen molar-refractivity contribution in [2.24, 2.45) is 0 Å². The molecule has 2 aromatic carbocycles. The molecule has 0 saturated heterocycles. The second-order valence-electron chi connectivity index (χ2n) is 3.91. The van der Waals surface area contributed by atoms with Crippen molar-refractivity contribution < 1.29 is 14.3 Å². The lowest BCUT2D eigenvalue weighted by Crippen LogP contribution is -2.16. The number of carbonyl (C=O) groups excluding carboxylic acids is 1. The largest absolute Gasteiger partial charge is 0.486 e. The minimum Gasteiger partial charge on any atom is -0.486 e. The van der Waals surface area contributed by atoms with Gasteiger partial charge in [-0.25, -0.2) is 0 Å². The van der Waals surface area contributed by atoms with E-state index in [9.17, 15) is 4.79 Å². The Labute approximate surface area is 114 Å². The van der Waals surface area contributed by atoms with Gasteiger partial charge in [0.2, 0.25) is 0 Å². The molecule has 0 spiro atoms. The van der Waals surface area contributed by atoms with Gasteiger partial charge in [0.05, 0.1) is 0 Å². The molecule has 0 radical (unpaired) electrons. The van der Waals surface area contributed by atoms with Crippen LogP contribution in [0.4, 0.5) is 0 Å². The van der Waals surface area contributed by atoms with Crippen molar-refractivity contribution in [3.05, 3.63) is 40.9 Å². The molecule has 94 valence electrons. The number of ether oxygens (including phenoxy) is 2. The normalized spacial score (nSPS) is 10.6. The third kappa shape index (κ3) is 3.31. The monoisotopic (exact) mass is 308 g/mol. The first-order chi connectivity index (χ1) is 8.69. The van der Waals surface area contributed by atoms with Gasteiger partial charge in [0, 0.05) is 11.6 Å². The van der Waals surface area contributed by atoms with Crippen molar-refractivity contribution in [2.45, 2.75) is 0 Å². The molecule has 4 heteroatoms. The molecule has 0 saturated carbocycles. The molecule has 2 aromatic rings. The average Bonchev–Trinajstić information content (AvgIpc) is 2.36. The van der Waals surface area contributed by atoms with Crippen molar-refractivity contribution in [2.75, 3.05) is 20.3 Å². The van der Waals surface area contributed by atoms with Crippen molar-refractivity contribution in [1.29, 1.82) is 0 Å². The van der Waals surface area contributed by atoms with E-state index in [4.69, 9.17) is 9.47 Å². The highest BCUT2D eigenvalue weighted by atomic mass is 79.9. The molecule has 0 aliphatic carbocycles. The lowest BCUT2D eigenvalue weighted by molar-refractivity contribution is -0.124. The summed E-state index contributed by atoms with van der Waals surface area (Å²) in [5.41, 5.74) is 0. The highest BCUT2D eigenvalue weighted by molar-refractivity contribution is 9.10. The third-order valence-electron chi connectivity index (χ3n) is 2.48. The zero-order valence-electron chi connectivity index (χ0n) is 9.98. The van der Waals surface area contributed by atoms with Crippen LogP contribution in [0.2, 0.25) is 0 Å². The molecular weight excluding hydrogens is 296 g/mol. The maximum Gasteiger partial charge on any atom is 0.195 e. The van der Waals surface area contributed by atoms with Crippen molar-refractivity contribution in [3.8, 4) is 5.75 Å². The Hall–Kier alpha value is -1.39. The smallest absolute Gasteiger partial charge is 0.195 e. The fraction of sp³-hybridized carbons (Fsp3) is 0.214. The predicted molar refractivity (Wildman–Crippen MR) is 74.0 cm³/mol. The molecule has 0 heterocycles. The zero-order valence-corrected chi connectivity index (χ0v) is 11.6. The maximum absolute atomic E-state index is 11.3. The standard InChI is InChI=1S/C14H13BrO3/c1-17-8-13(16)9-18-14-5-3-10-6-12(15)4-2-11(10)7-14/h2-7H,8-9H2,1H3. The second kappa shape index (κ2) is 5.98. The molecule has 0 unspecified atom stereocenters. The zero-order chi connectivity index (χ0) is 13.0. The highest BCUT2D eigenvalue weighted by Crippen LogP contribution is 2.24. The van der Waals surface area contributed by atoms with E-state index in [1.54, 1.807) is 0 Å². The minimum absolute atomic E-state index is 0.0376. The van der Waals surface area contributed by atoms with E-state index >= 15 is 0 Å². The van der Waals surface area contributed by atoms with Gasteiger partial charge in [-0.05, 0) is 35.0 Å². The molecular formula is C14H13BrO3. The molecule has 0 N–H and O–H groups in total. The van der Waals surface area contributed by atoms with Crippen LogP contribution in [0.3, 0.4) is 0 Å². The number of ketones is 1. The Morgan fingerprint density at radius 2 is 1.83 bits per heavy atom. The van der Waals surface area contributed by atoms with Crippen LogP contribution >= 0.6 is 15.9 Å². The third-order valence-corrected chi connectivity index (χ3v) is 2.97. The maximum atomic E-state index is 11.3. The Balaban J connectivity index is 2.10. The molecule has 0 aliphatic rings. The fourth-order valence-electron chi connectivity index (χ4n) is 1.65. The summed E-state index contributed by atoms with van der Waals surface area (Å²) >= 11 is 3.43. The number of carbonyl (C=O) groups is 1. The topological polar surface area (TPSA) is 35.5 Å². The summed E-state index contributed by atoms with van der Waals surface area (Å²) in [4.78, 5) is 11.3. The molecule has 2 rings (SSSR count). The van der Waals surface area contributed by atoms with E-state index < -0.39 is 0 Å². The molecule has 0 atom stereocenters. The molecule has 3 nitrogen and oxygen atoms in total. The number of halogens is 1. The van der Waals surface area contributed by atoms with E-state index in [0.717, 1.165) is 15.2 Å². The highest BCUT2D eigenvalue weighted by Gasteiger charge is 2.03. The van der Waals surface area contributed by atoms with E-state index in [2.05, 4.69) is 15.9 Å². The van der Waals surface area contributed by atoms with Crippen LogP contribution in [0.15, 0.2) is 40.9 Å². The predicted octanol–water partition coefficient (Wildman–Crippen LogP) is 3.20. The number of hydrogen-bond donors (Lipinski definition) is 0. The van der Waals surface area contributed by atoms with Crippen LogP contribution < -0.4 is 4.74 Å². The lowest BCUT2D eigenvalue weighted by atomic mass is 10.1. The van der Waals surface area contributed by atoms with E-state index in [1.807, 2.05) is 36.4 Å². The molecule has 0 fully saturated rings. The molecule has 18 heavy (non-hydrogen) atoms. The first-order valence-electron chi connectivity index (χ1n) is 5.52. The Morgan fingerprint density at radius 3 is 2.61 bits per heavy atom. The van der Waals surface area contributed by atoms with E-state index in [-0.39, 0.29) is 19.0 Å². The van der Waals surface area contributed by atoms with Crippen molar-refractivity contribution in [1.82, 2.24) is 0 Å². The van der Waals surface area contributed by atoms with Crippen LogP contribution in [-0.4, -0.2) is 26.1 Å². The molecule has 0 amide bonds. The second-order valence-corrected chi connectivity index (χ2v) is 4.83. The van der Waals surface area contributed by atoms with Gasteiger partial charge in [-0.3, -0.25) is 4.79 Å². The average molecular weight is 309 g/mol. The van der Waals surface area contributed by atoms with Gasteiger partial charge in [0.1, 0.15) is 19.0 Å². The van der Waals surface area contributed by atoms with Gasteiger partial charge < -0.3 is 9.47 Å². The summed E-state index contributed by atoms with van der Waals surface area (Å²) in [6.45, 7) is 0.121. The SMILES string of the molecule is COCC(=O)COc1ccc2cc(Br)ccc2c1. The van der Waals surface area contributed by atoms with Crippen LogP contribution in [-0.2, 0) is 9.53 Å². The van der Waals surface area contributed by atoms with Crippen molar-refractivity contribution >= 4 is 32.5 Å². The van der Waals surface area contributed by atoms with Gasteiger partial charge >= 0.3 is 0 Å². The first-order valence-corrected chi connectivity index (χ1v) is 6.31. The summed E-state index contributed by atoms with van der Waals surface area (Å²) in [5, 5.41) is 2.20. The molecule has 0 bridgehead atoms. The molecule has 0 aromatic heterocycles. The van der Waals surface area contributed by atoms with E-state index in [0.29, 0.717) is 5.75 Å². The number of benzene rings is 2. The summed E-state index contributed by atoms with van der Waals surface area (Å²) in [6.07, 6.45) is 0. The number of fused-ring (bicyclic) bond motifs is 1. The van der Waals surface area contributed by atoms with E-state index in [1.165, 1.54) is 7.11 Å². The Morgan fingerprint density at radius 1 is 1.11 bits per heavy atom. The summed E-state index contributed by atoms with van der Waals surface area (Å²) in [7, 11) is 1.49. The van der Waals surface area contributed by atoms with Gasteiger partial charge in [0.15, 0.2) is 5.78 Å². The quantitative estimate of drug-likeness (QED) is 0.851. The Bertz CT molecular complexity index is 566.